The van der Waals surface area contributed by atoms with Crippen molar-refractivity contribution in [3.05, 3.63) is 0 Å². The van der Waals surface area contributed by atoms with Crippen LogP contribution < -0.4 is 5.32 Å². The molecule has 0 rings (SSSR count). The second-order valence-corrected chi connectivity index (χ2v) is 5.46. The smallest absolute Gasteiger partial charge is 0.240 e. The van der Waals surface area contributed by atoms with Crippen LogP contribution in [0.3, 0.4) is 0 Å². The zero-order valence-electron chi connectivity index (χ0n) is 12.0. The molecule has 0 radical (unpaired) electrons. The van der Waals surface area contributed by atoms with Crippen molar-refractivity contribution >= 4 is 11.8 Å². The molecule has 100 valence electrons. The number of carbonyl (C=O) groups excluding carboxylic acids is 2. The van der Waals surface area contributed by atoms with E-state index in [1.165, 1.54) is 0 Å². The molecule has 0 saturated heterocycles. The van der Waals surface area contributed by atoms with Gasteiger partial charge in [0.1, 0.15) is 0 Å². The first kappa shape index (κ1) is 15.9. The van der Waals surface area contributed by atoms with Gasteiger partial charge in [-0.2, -0.15) is 0 Å². The fourth-order valence-corrected chi connectivity index (χ4v) is 1.46. The highest BCUT2D eigenvalue weighted by Crippen LogP contribution is 2.07. The van der Waals surface area contributed by atoms with Crippen LogP contribution in [0, 0.1) is 5.92 Å². The molecule has 0 aliphatic heterocycles. The Bertz CT molecular complexity index is 269. The van der Waals surface area contributed by atoms with Crippen LogP contribution in [0.15, 0.2) is 0 Å². The lowest BCUT2D eigenvalue weighted by Gasteiger charge is -2.26. The first-order valence-electron chi connectivity index (χ1n) is 6.31. The Kier molecular flexibility index (Phi) is 6.21. The van der Waals surface area contributed by atoms with Crippen LogP contribution >= 0.6 is 0 Å². The van der Waals surface area contributed by atoms with Crippen molar-refractivity contribution in [2.24, 2.45) is 5.92 Å². The van der Waals surface area contributed by atoms with Crippen molar-refractivity contribution in [2.45, 2.75) is 53.5 Å². The Morgan fingerprint density at radius 1 is 1.24 bits per heavy atom. The number of nitrogens with one attached hydrogen (secondary N) is 1. The van der Waals surface area contributed by atoms with Crippen LogP contribution in [0.5, 0.6) is 0 Å². The third-order valence-corrected chi connectivity index (χ3v) is 2.58. The van der Waals surface area contributed by atoms with Gasteiger partial charge in [0.05, 0.1) is 6.54 Å². The molecule has 4 heteroatoms. The summed E-state index contributed by atoms with van der Waals surface area (Å²) in [6.07, 6.45) is 0.802. The normalized spacial score (nSPS) is 13.1. The Morgan fingerprint density at radius 3 is 2.12 bits per heavy atom. The Hall–Kier alpha value is -1.06. The highest BCUT2D eigenvalue weighted by molar-refractivity contribution is 5.86. The van der Waals surface area contributed by atoms with Gasteiger partial charge in [0, 0.05) is 18.0 Å². The van der Waals surface area contributed by atoms with E-state index in [2.05, 4.69) is 5.32 Å². The van der Waals surface area contributed by atoms with Gasteiger partial charge in [0.2, 0.25) is 11.8 Å². The maximum Gasteiger partial charge on any atom is 0.240 e. The van der Waals surface area contributed by atoms with Crippen molar-refractivity contribution in [1.29, 1.82) is 0 Å². The molecule has 1 atom stereocenters. The molecule has 0 aromatic heterocycles. The molecule has 0 saturated carbocycles. The predicted octanol–water partition coefficient (Wildman–Crippen LogP) is 1.80. The molecule has 0 bridgehead atoms. The van der Waals surface area contributed by atoms with Gasteiger partial charge in [-0.25, -0.2) is 0 Å². The molecular formula is C13H26N2O2. The highest BCUT2D eigenvalue weighted by atomic mass is 16.2. The third kappa shape index (κ3) is 6.29. The van der Waals surface area contributed by atoms with Crippen molar-refractivity contribution in [2.75, 3.05) is 13.1 Å². The lowest BCUT2D eigenvalue weighted by molar-refractivity contribution is -0.139. The van der Waals surface area contributed by atoms with Crippen molar-refractivity contribution < 1.29 is 9.59 Å². The second-order valence-electron chi connectivity index (χ2n) is 5.46. The standard InChI is InChI=1S/C13H26N2O2/c1-7-10(3)12(17)15(8-2)9-11(16)14-13(4,5)6/h10H,7-9H2,1-6H3,(H,14,16). The SMILES string of the molecule is CCC(C)C(=O)N(CC)CC(=O)NC(C)(C)C. The molecule has 1 N–H and O–H groups in total. The van der Waals surface area contributed by atoms with E-state index in [-0.39, 0.29) is 29.8 Å². The minimum atomic E-state index is -0.254. The first-order valence-corrected chi connectivity index (χ1v) is 6.31. The summed E-state index contributed by atoms with van der Waals surface area (Å²) in [6, 6.07) is 0. The van der Waals surface area contributed by atoms with E-state index in [4.69, 9.17) is 0 Å². The molecule has 0 spiro atoms. The van der Waals surface area contributed by atoms with Crippen LogP contribution in [-0.4, -0.2) is 35.3 Å². The Labute approximate surface area is 105 Å². The van der Waals surface area contributed by atoms with Gasteiger partial charge in [-0.3, -0.25) is 9.59 Å². The molecule has 0 fully saturated rings. The van der Waals surface area contributed by atoms with Gasteiger partial charge in [-0.1, -0.05) is 13.8 Å². The van der Waals surface area contributed by atoms with E-state index in [1.807, 2.05) is 41.5 Å². The summed E-state index contributed by atoms with van der Waals surface area (Å²) in [5.74, 6) is -0.0625. The summed E-state index contributed by atoms with van der Waals surface area (Å²) in [7, 11) is 0. The molecule has 1 unspecified atom stereocenters. The maximum absolute atomic E-state index is 12.0. The van der Waals surface area contributed by atoms with Crippen LogP contribution in [0.25, 0.3) is 0 Å². The van der Waals surface area contributed by atoms with Crippen LogP contribution in [0.1, 0.15) is 48.0 Å². The third-order valence-electron chi connectivity index (χ3n) is 2.58. The van der Waals surface area contributed by atoms with Gasteiger partial charge >= 0.3 is 0 Å². The number of amides is 2. The number of hydrogen-bond donors (Lipinski definition) is 1. The lowest BCUT2D eigenvalue weighted by atomic mass is 10.1. The van der Waals surface area contributed by atoms with Gasteiger partial charge in [-0.15, -0.1) is 0 Å². The number of likely N-dealkylation sites (N-methyl/N-ethyl adjacent to an activating group) is 1. The minimum Gasteiger partial charge on any atom is -0.350 e. The summed E-state index contributed by atoms with van der Waals surface area (Å²) < 4.78 is 0. The predicted molar refractivity (Wildman–Crippen MR) is 69.6 cm³/mol. The quantitative estimate of drug-likeness (QED) is 0.799. The summed E-state index contributed by atoms with van der Waals surface area (Å²) in [5.41, 5.74) is -0.254. The Morgan fingerprint density at radius 2 is 1.76 bits per heavy atom. The summed E-state index contributed by atoms with van der Waals surface area (Å²) in [4.78, 5) is 25.3. The van der Waals surface area contributed by atoms with Gasteiger partial charge < -0.3 is 10.2 Å². The molecule has 0 aromatic carbocycles. The number of carbonyl (C=O) groups is 2. The average molecular weight is 242 g/mol. The summed E-state index contributed by atoms with van der Waals surface area (Å²) >= 11 is 0. The van der Waals surface area contributed by atoms with E-state index in [0.29, 0.717) is 6.54 Å². The topological polar surface area (TPSA) is 49.4 Å². The molecule has 17 heavy (non-hydrogen) atoms. The van der Waals surface area contributed by atoms with Crippen molar-refractivity contribution in [3.8, 4) is 0 Å². The van der Waals surface area contributed by atoms with E-state index in [0.717, 1.165) is 6.42 Å². The summed E-state index contributed by atoms with van der Waals surface area (Å²) in [5, 5.41) is 2.86. The van der Waals surface area contributed by atoms with E-state index >= 15 is 0 Å². The fourth-order valence-electron chi connectivity index (χ4n) is 1.46. The van der Waals surface area contributed by atoms with Crippen LogP contribution in [0.4, 0.5) is 0 Å². The monoisotopic (exact) mass is 242 g/mol. The largest absolute Gasteiger partial charge is 0.350 e. The minimum absolute atomic E-state index is 0.0163. The molecule has 2 amide bonds. The van der Waals surface area contributed by atoms with E-state index < -0.39 is 0 Å². The molecule has 0 aromatic rings. The molecule has 0 aliphatic rings. The first-order chi connectivity index (χ1) is 7.71. The zero-order valence-corrected chi connectivity index (χ0v) is 12.0. The molecule has 0 aliphatic carbocycles. The second kappa shape index (κ2) is 6.62. The van der Waals surface area contributed by atoms with Crippen molar-refractivity contribution in [1.82, 2.24) is 10.2 Å². The summed E-state index contributed by atoms with van der Waals surface area (Å²) in [6.45, 7) is 12.3. The number of hydrogen-bond acceptors (Lipinski definition) is 2. The van der Waals surface area contributed by atoms with Crippen molar-refractivity contribution in [3.63, 3.8) is 0 Å². The van der Waals surface area contributed by atoms with Gasteiger partial charge in [0.25, 0.3) is 0 Å². The molecule has 0 heterocycles. The lowest BCUT2D eigenvalue weighted by Crippen LogP contribution is -2.48. The number of nitrogens with zero attached hydrogens (tertiary/aromatic N) is 1. The highest BCUT2D eigenvalue weighted by Gasteiger charge is 2.21. The van der Waals surface area contributed by atoms with Crippen LogP contribution in [0.2, 0.25) is 0 Å². The molecular weight excluding hydrogens is 216 g/mol. The van der Waals surface area contributed by atoms with E-state index in [9.17, 15) is 9.59 Å². The molecule has 4 nitrogen and oxygen atoms in total. The average Bonchev–Trinajstić information content (AvgIpc) is 2.21. The van der Waals surface area contributed by atoms with Crippen LogP contribution in [-0.2, 0) is 9.59 Å². The maximum atomic E-state index is 12.0. The fraction of sp³-hybridized carbons (Fsp3) is 0.846. The van der Waals surface area contributed by atoms with Gasteiger partial charge in [0.15, 0.2) is 0 Å². The van der Waals surface area contributed by atoms with E-state index in [1.54, 1.807) is 4.90 Å². The zero-order chi connectivity index (χ0) is 13.6. The van der Waals surface area contributed by atoms with Gasteiger partial charge in [-0.05, 0) is 34.1 Å². The number of rotatable bonds is 5. The Balaban J connectivity index is 4.41.